The number of piperazine rings is 1. The molecule has 2 N–H and O–H groups in total. The minimum absolute atomic E-state index is 0.110. The van der Waals surface area contributed by atoms with Crippen LogP contribution in [-0.2, 0) is 0 Å². The van der Waals surface area contributed by atoms with Crippen molar-refractivity contribution in [2.45, 2.75) is 0 Å². The zero-order valence-corrected chi connectivity index (χ0v) is 15.4. The number of hydrogen-bond acceptors (Lipinski definition) is 3. The minimum atomic E-state index is -0.110. The second-order valence-electron chi connectivity index (χ2n) is 6.15. The van der Waals surface area contributed by atoms with Gasteiger partial charge in [-0.3, -0.25) is 5.10 Å². The number of rotatable bonds is 2. The van der Waals surface area contributed by atoms with Crippen LogP contribution in [0, 0.1) is 0 Å². The van der Waals surface area contributed by atoms with E-state index in [-0.39, 0.29) is 6.03 Å². The molecule has 2 amide bonds. The normalized spacial score (nSPS) is 14.7. The highest BCUT2D eigenvalue weighted by Gasteiger charge is 2.23. The molecule has 0 saturated carbocycles. The molecule has 3 aromatic rings. The van der Waals surface area contributed by atoms with Gasteiger partial charge < -0.3 is 15.1 Å². The number of nitrogens with zero attached hydrogens (tertiary/aromatic N) is 3. The highest BCUT2D eigenvalue weighted by molar-refractivity contribution is 6.43. The van der Waals surface area contributed by atoms with Crippen molar-refractivity contribution in [3.8, 4) is 0 Å². The maximum Gasteiger partial charge on any atom is 0.321 e. The summed E-state index contributed by atoms with van der Waals surface area (Å²) in [5.41, 5.74) is 2.54. The molecular weight excluding hydrogens is 373 g/mol. The molecule has 0 radical (unpaired) electrons. The van der Waals surface area contributed by atoms with E-state index in [1.54, 1.807) is 17.2 Å². The summed E-state index contributed by atoms with van der Waals surface area (Å²) in [6.45, 7) is 2.63. The molecule has 1 aromatic heterocycles. The highest BCUT2D eigenvalue weighted by atomic mass is 35.5. The Kier molecular flexibility index (Phi) is 4.61. The van der Waals surface area contributed by atoms with Crippen LogP contribution < -0.4 is 10.2 Å². The molecule has 0 bridgehead atoms. The van der Waals surface area contributed by atoms with Crippen LogP contribution >= 0.6 is 23.2 Å². The molecule has 0 aliphatic carbocycles. The summed E-state index contributed by atoms with van der Waals surface area (Å²) < 4.78 is 0. The number of carbonyl (C=O) groups excluding carboxylic acids is 1. The van der Waals surface area contributed by atoms with Crippen molar-refractivity contribution in [3.63, 3.8) is 0 Å². The molecule has 6 nitrogen and oxygen atoms in total. The van der Waals surface area contributed by atoms with Crippen LogP contribution in [0.1, 0.15) is 0 Å². The monoisotopic (exact) mass is 389 g/mol. The zero-order valence-electron chi connectivity index (χ0n) is 13.9. The Hall–Kier alpha value is -2.44. The van der Waals surface area contributed by atoms with Gasteiger partial charge in [-0.25, -0.2) is 4.79 Å². The number of nitrogens with one attached hydrogen (secondary N) is 2. The molecule has 1 saturated heterocycles. The van der Waals surface area contributed by atoms with E-state index in [1.165, 1.54) is 0 Å². The summed E-state index contributed by atoms with van der Waals surface area (Å²) >= 11 is 12.4. The van der Waals surface area contributed by atoms with E-state index in [0.29, 0.717) is 36.2 Å². The van der Waals surface area contributed by atoms with E-state index in [4.69, 9.17) is 23.2 Å². The summed E-state index contributed by atoms with van der Waals surface area (Å²) in [5, 5.41) is 11.9. The average molecular weight is 390 g/mol. The lowest BCUT2D eigenvalue weighted by molar-refractivity contribution is 0.208. The Labute approximate surface area is 160 Å². The first-order valence-corrected chi connectivity index (χ1v) is 9.05. The standard InChI is InChI=1S/C18H17Cl2N5O/c19-14-2-1-3-16(17(14)20)24-6-8-25(9-7-24)18(26)22-13-5-4-12-11-21-23-15(12)10-13/h1-5,10-11H,6-9H2,(H,21,23)(H,22,26). The fourth-order valence-electron chi connectivity index (χ4n) is 3.10. The summed E-state index contributed by atoms with van der Waals surface area (Å²) in [4.78, 5) is 16.5. The topological polar surface area (TPSA) is 64.3 Å². The van der Waals surface area contributed by atoms with E-state index >= 15 is 0 Å². The summed E-state index contributed by atoms with van der Waals surface area (Å²) in [5.74, 6) is 0. The van der Waals surface area contributed by atoms with Crippen LogP contribution in [0.2, 0.25) is 10.0 Å². The molecule has 1 aliphatic rings. The Morgan fingerprint density at radius 3 is 2.73 bits per heavy atom. The molecule has 0 unspecified atom stereocenters. The number of carbonyl (C=O) groups is 1. The van der Waals surface area contributed by atoms with E-state index in [0.717, 1.165) is 22.3 Å². The van der Waals surface area contributed by atoms with Crippen molar-refractivity contribution in [2.75, 3.05) is 36.4 Å². The van der Waals surface area contributed by atoms with Crippen LogP contribution in [0.4, 0.5) is 16.2 Å². The Morgan fingerprint density at radius 1 is 1.12 bits per heavy atom. The predicted molar refractivity (Wildman–Crippen MR) is 105 cm³/mol. The van der Waals surface area contributed by atoms with Crippen LogP contribution in [0.5, 0.6) is 0 Å². The van der Waals surface area contributed by atoms with E-state index in [2.05, 4.69) is 20.4 Å². The lowest BCUT2D eigenvalue weighted by atomic mass is 10.2. The molecule has 2 heterocycles. The Morgan fingerprint density at radius 2 is 1.92 bits per heavy atom. The van der Waals surface area contributed by atoms with Crippen molar-refractivity contribution >= 4 is 51.5 Å². The molecule has 1 aliphatic heterocycles. The molecule has 4 rings (SSSR count). The third kappa shape index (κ3) is 3.30. The van der Waals surface area contributed by atoms with Gasteiger partial charge in [-0.15, -0.1) is 0 Å². The van der Waals surface area contributed by atoms with Crippen molar-refractivity contribution in [1.29, 1.82) is 0 Å². The van der Waals surface area contributed by atoms with E-state index < -0.39 is 0 Å². The van der Waals surface area contributed by atoms with E-state index in [1.807, 2.05) is 30.3 Å². The number of halogens is 2. The van der Waals surface area contributed by atoms with Crippen molar-refractivity contribution in [1.82, 2.24) is 15.1 Å². The fraction of sp³-hybridized carbons (Fsp3) is 0.222. The summed E-state index contributed by atoms with van der Waals surface area (Å²) in [6, 6.07) is 11.2. The first-order valence-electron chi connectivity index (χ1n) is 8.30. The van der Waals surface area contributed by atoms with Gasteiger partial charge in [-0.1, -0.05) is 29.3 Å². The largest absolute Gasteiger partial charge is 0.367 e. The third-order valence-corrected chi connectivity index (χ3v) is 5.34. The van der Waals surface area contributed by atoms with Gasteiger partial charge in [0.15, 0.2) is 0 Å². The number of H-pyrrole nitrogens is 1. The lowest BCUT2D eigenvalue weighted by Crippen LogP contribution is -2.50. The van der Waals surface area contributed by atoms with Gasteiger partial charge in [0.1, 0.15) is 0 Å². The highest BCUT2D eigenvalue weighted by Crippen LogP contribution is 2.32. The smallest absolute Gasteiger partial charge is 0.321 e. The maximum atomic E-state index is 12.5. The molecule has 26 heavy (non-hydrogen) atoms. The van der Waals surface area contributed by atoms with Gasteiger partial charge in [-0.05, 0) is 30.3 Å². The van der Waals surface area contributed by atoms with Gasteiger partial charge in [0.2, 0.25) is 0 Å². The lowest BCUT2D eigenvalue weighted by Gasteiger charge is -2.36. The predicted octanol–water partition coefficient (Wildman–Crippen LogP) is 4.22. The second-order valence-corrected chi connectivity index (χ2v) is 6.93. The number of hydrogen-bond donors (Lipinski definition) is 2. The quantitative estimate of drug-likeness (QED) is 0.689. The number of fused-ring (bicyclic) bond motifs is 1. The number of amides is 2. The maximum absolute atomic E-state index is 12.5. The average Bonchev–Trinajstić information content (AvgIpc) is 3.12. The molecule has 0 atom stereocenters. The molecule has 134 valence electrons. The minimum Gasteiger partial charge on any atom is -0.367 e. The molecule has 0 spiro atoms. The zero-order chi connectivity index (χ0) is 18.1. The molecule has 2 aromatic carbocycles. The van der Waals surface area contributed by atoms with Gasteiger partial charge >= 0.3 is 6.03 Å². The number of urea groups is 1. The van der Waals surface area contributed by atoms with Crippen LogP contribution in [-0.4, -0.2) is 47.3 Å². The number of benzene rings is 2. The second kappa shape index (κ2) is 7.05. The van der Waals surface area contributed by atoms with Gasteiger partial charge in [0, 0.05) is 37.3 Å². The summed E-state index contributed by atoms with van der Waals surface area (Å²) in [7, 11) is 0. The number of aromatic amines is 1. The number of anilines is 2. The first kappa shape index (κ1) is 17.0. The van der Waals surface area contributed by atoms with Crippen molar-refractivity contribution < 1.29 is 4.79 Å². The van der Waals surface area contributed by atoms with Crippen molar-refractivity contribution in [2.24, 2.45) is 0 Å². The number of aromatic nitrogens is 2. The fourth-order valence-corrected chi connectivity index (χ4v) is 3.52. The van der Waals surface area contributed by atoms with Crippen LogP contribution in [0.3, 0.4) is 0 Å². The van der Waals surface area contributed by atoms with Crippen LogP contribution in [0.25, 0.3) is 10.9 Å². The third-order valence-electron chi connectivity index (χ3n) is 4.53. The summed E-state index contributed by atoms with van der Waals surface area (Å²) in [6.07, 6.45) is 1.75. The molecular formula is C18H17Cl2N5O. The molecule has 8 heteroatoms. The SMILES string of the molecule is O=C(Nc1ccc2cn[nH]c2c1)N1CCN(c2cccc(Cl)c2Cl)CC1. The Bertz CT molecular complexity index is 950. The van der Waals surface area contributed by atoms with Crippen molar-refractivity contribution in [3.05, 3.63) is 52.6 Å². The first-order chi connectivity index (χ1) is 12.6. The van der Waals surface area contributed by atoms with Gasteiger partial charge in [0.25, 0.3) is 0 Å². The van der Waals surface area contributed by atoms with Gasteiger partial charge in [0.05, 0.1) is 27.4 Å². The van der Waals surface area contributed by atoms with Crippen LogP contribution in [0.15, 0.2) is 42.6 Å². The van der Waals surface area contributed by atoms with Gasteiger partial charge in [-0.2, -0.15) is 5.10 Å². The molecule has 1 fully saturated rings. The Balaban J connectivity index is 1.39. The van der Waals surface area contributed by atoms with E-state index in [9.17, 15) is 4.79 Å².